The average Bonchev–Trinajstić information content (AvgIpc) is 2.74. The van der Waals surface area contributed by atoms with Crippen LogP contribution in [0.5, 0.6) is 5.75 Å². The summed E-state index contributed by atoms with van der Waals surface area (Å²) in [6.07, 6.45) is 1.20. The molecule has 0 radical (unpaired) electrons. The molecule has 2 atom stereocenters. The molecule has 0 saturated carbocycles. The summed E-state index contributed by atoms with van der Waals surface area (Å²) >= 11 is 2.00. The number of nitrogens with two attached hydrogens (primary N) is 1. The number of hydrogen-bond acceptors (Lipinski definition) is 4. The van der Waals surface area contributed by atoms with E-state index in [1.807, 2.05) is 36.0 Å². The van der Waals surface area contributed by atoms with E-state index >= 15 is 0 Å². The van der Waals surface area contributed by atoms with Crippen molar-refractivity contribution in [3.63, 3.8) is 0 Å². The summed E-state index contributed by atoms with van der Waals surface area (Å²) < 4.78 is 5.21. The van der Waals surface area contributed by atoms with Crippen molar-refractivity contribution in [2.24, 2.45) is 5.73 Å². The van der Waals surface area contributed by atoms with Crippen LogP contribution in [0.4, 0.5) is 5.69 Å². The Morgan fingerprint density at radius 2 is 2.22 bits per heavy atom. The van der Waals surface area contributed by atoms with Crippen LogP contribution in [0.3, 0.4) is 0 Å². The molecule has 4 nitrogen and oxygen atoms in total. The van der Waals surface area contributed by atoms with Gasteiger partial charge in [0.1, 0.15) is 5.75 Å². The Labute approximate surface area is 111 Å². The Bertz CT molecular complexity index is 408. The smallest absolute Gasteiger partial charge is 0.255 e. The molecule has 2 rings (SSSR count). The number of rotatable bonds is 5. The van der Waals surface area contributed by atoms with Crippen LogP contribution >= 0.6 is 11.8 Å². The average molecular weight is 266 g/mol. The van der Waals surface area contributed by atoms with Crippen molar-refractivity contribution >= 4 is 23.4 Å². The van der Waals surface area contributed by atoms with Crippen LogP contribution in [0.15, 0.2) is 24.3 Å². The van der Waals surface area contributed by atoms with Crippen LogP contribution in [0, 0.1) is 0 Å². The fourth-order valence-corrected chi connectivity index (χ4v) is 3.14. The van der Waals surface area contributed by atoms with E-state index < -0.39 is 5.91 Å². The van der Waals surface area contributed by atoms with E-state index in [0.29, 0.717) is 17.0 Å². The lowest BCUT2D eigenvalue weighted by atomic mass is 10.1. The molecule has 1 aliphatic rings. The summed E-state index contributed by atoms with van der Waals surface area (Å²) in [5, 5.41) is 4.16. The summed E-state index contributed by atoms with van der Waals surface area (Å²) in [4.78, 5) is 10.6. The Kier molecular flexibility index (Phi) is 4.36. The Morgan fingerprint density at radius 1 is 1.50 bits per heavy atom. The molecule has 1 aliphatic heterocycles. The number of benzene rings is 1. The van der Waals surface area contributed by atoms with E-state index in [1.54, 1.807) is 0 Å². The second-order valence-electron chi connectivity index (χ2n) is 4.39. The van der Waals surface area contributed by atoms with Crippen LogP contribution in [0.25, 0.3) is 0 Å². The van der Waals surface area contributed by atoms with E-state index in [2.05, 4.69) is 12.2 Å². The van der Waals surface area contributed by atoms with Gasteiger partial charge in [-0.15, -0.1) is 0 Å². The van der Waals surface area contributed by atoms with Gasteiger partial charge in [-0.25, -0.2) is 0 Å². The molecule has 1 heterocycles. The third-order valence-corrected chi connectivity index (χ3v) is 4.29. The molecule has 0 aliphatic carbocycles. The molecule has 3 N–H and O–H groups in total. The number of primary amides is 1. The summed E-state index contributed by atoms with van der Waals surface area (Å²) in [5.74, 6) is 1.42. The Morgan fingerprint density at radius 3 is 2.78 bits per heavy atom. The monoisotopic (exact) mass is 266 g/mol. The number of thioether (sulfide) groups is 1. The van der Waals surface area contributed by atoms with Crippen molar-refractivity contribution in [2.75, 3.05) is 17.7 Å². The second kappa shape index (κ2) is 6.00. The molecule has 1 aromatic carbocycles. The van der Waals surface area contributed by atoms with E-state index in [-0.39, 0.29) is 6.61 Å². The van der Waals surface area contributed by atoms with Crippen molar-refractivity contribution in [1.82, 2.24) is 0 Å². The van der Waals surface area contributed by atoms with Gasteiger partial charge in [-0.05, 0) is 36.4 Å². The van der Waals surface area contributed by atoms with Crippen molar-refractivity contribution < 1.29 is 9.53 Å². The SMILES string of the molecule is CC1SCCC1Nc1ccc(OCC(N)=O)cc1. The third-order valence-electron chi connectivity index (χ3n) is 2.96. The highest BCUT2D eigenvalue weighted by Gasteiger charge is 2.23. The lowest BCUT2D eigenvalue weighted by Gasteiger charge is -2.18. The maximum atomic E-state index is 10.6. The highest BCUT2D eigenvalue weighted by atomic mass is 32.2. The van der Waals surface area contributed by atoms with E-state index in [1.165, 1.54) is 12.2 Å². The van der Waals surface area contributed by atoms with Gasteiger partial charge in [0.2, 0.25) is 0 Å². The summed E-state index contributed by atoms with van der Waals surface area (Å²) in [6, 6.07) is 8.15. The first-order valence-corrected chi connectivity index (χ1v) is 7.09. The highest BCUT2D eigenvalue weighted by Crippen LogP contribution is 2.29. The van der Waals surface area contributed by atoms with Gasteiger partial charge in [-0.3, -0.25) is 4.79 Å². The fourth-order valence-electron chi connectivity index (χ4n) is 1.94. The van der Waals surface area contributed by atoms with E-state index in [0.717, 1.165) is 5.69 Å². The predicted octanol–water partition coefficient (Wildman–Crippen LogP) is 1.86. The number of anilines is 1. The van der Waals surface area contributed by atoms with Crippen LogP contribution in [0.2, 0.25) is 0 Å². The van der Waals surface area contributed by atoms with Gasteiger partial charge < -0.3 is 15.8 Å². The molecule has 5 heteroatoms. The molecule has 98 valence electrons. The molecule has 0 spiro atoms. The fraction of sp³-hybridized carbons (Fsp3) is 0.462. The molecule has 18 heavy (non-hydrogen) atoms. The molecule has 0 aromatic heterocycles. The van der Waals surface area contributed by atoms with Crippen LogP contribution in [-0.2, 0) is 4.79 Å². The van der Waals surface area contributed by atoms with Gasteiger partial charge in [0.15, 0.2) is 6.61 Å². The van der Waals surface area contributed by atoms with Crippen LogP contribution < -0.4 is 15.8 Å². The number of amides is 1. The molecular formula is C13H18N2O2S. The summed E-state index contributed by atoms with van der Waals surface area (Å²) in [5.41, 5.74) is 6.10. The minimum Gasteiger partial charge on any atom is -0.484 e. The molecule has 1 saturated heterocycles. The van der Waals surface area contributed by atoms with Crippen LogP contribution in [-0.4, -0.2) is 29.6 Å². The zero-order valence-electron chi connectivity index (χ0n) is 10.4. The molecule has 1 amide bonds. The van der Waals surface area contributed by atoms with Gasteiger partial charge in [0, 0.05) is 17.0 Å². The maximum Gasteiger partial charge on any atom is 0.255 e. The van der Waals surface area contributed by atoms with E-state index in [9.17, 15) is 4.79 Å². The third kappa shape index (κ3) is 3.57. The lowest BCUT2D eigenvalue weighted by molar-refractivity contribution is -0.119. The minimum absolute atomic E-state index is 0.0803. The van der Waals surface area contributed by atoms with Crippen molar-refractivity contribution in [3.8, 4) is 5.75 Å². The first-order chi connectivity index (χ1) is 8.65. The molecule has 1 aromatic rings. The predicted molar refractivity (Wildman–Crippen MR) is 75.1 cm³/mol. The number of nitrogens with one attached hydrogen (secondary N) is 1. The summed E-state index contributed by atoms with van der Waals surface area (Å²) in [7, 11) is 0. The molecule has 1 fully saturated rings. The number of ether oxygens (including phenoxy) is 1. The Hall–Kier alpha value is -1.36. The highest BCUT2D eigenvalue weighted by molar-refractivity contribution is 8.00. The van der Waals surface area contributed by atoms with Crippen molar-refractivity contribution in [2.45, 2.75) is 24.6 Å². The second-order valence-corrected chi connectivity index (χ2v) is 5.88. The molecule has 2 unspecified atom stereocenters. The minimum atomic E-state index is -0.464. The first kappa shape index (κ1) is 13.1. The first-order valence-electron chi connectivity index (χ1n) is 6.04. The summed E-state index contributed by atoms with van der Waals surface area (Å²) in [6.45, 7) is 2.17. The Balaban J connectivity index is 1.89. The normalized spacial score (nSPS) is 22.7. The van der Waals surface area contributed by atoms with Gasteiger partial charge in [-0.1, -0.05) is 6.92 Å². The van der Waals surface area contributed by atoms with Gasteiger partial charge in [-0.2, -0.15) is 11.8 Å². The number of hydrogen-bond donors (Lipinski definition) is 2. The van der Waals surface area contributed by atoms with Gasteiger partial charge in [0.05, 0.1) is 0 Å². The zero-order valence-corrected chi connectivity index (χ0v) is 11.2. The zero-order chi connectivity index (χ0) is 13.0. The standard InChI is InChI=1S/C13H18N2O2S/c1-9-12(6-7-18-9)15-10-2-4-11(5-3-10)17-8-13(14)16/h2-5,9,12,15H,6-8H2,1H3,(H2,14,16). The number of carbonyl (C=O) groups excluding carboxylic acids is 1. The maximum absolute atomic E-state index is 10.6. The lowest BCUT2D eigenvalue weighted by Crippen LogP contribution is -2.24. The van der Waals surface area contributed by atoms with E-state index in [4.69, 9.17) is 10.5 Å². The molecule has 0 bridgehead atoms. The topological polar surface area (TPSA) is 64.3 Å². The van der Waals surface area contributed by atoms with Crippen LogP contribution in [0.1, 0.15) is 13.3 Å². The van der Waals surface area contributed by atoms with Crippen molar-refractivity contribution in [3.05, 3.63) is 24.3 Å². The number of carbonyl (C=O) groups is 1. The quantitative estimate of drug-likeness (QED) is 0.854. The largest absolute Gasteiger partial charge is 0.484 e. The van der Waals surface area contributed by atoms with Crippen molar-refractivity contribution in [1.29, 1.82) is 0 Å². The van der Waals surface area contributed by atoms with Gasteiger partial charge >= 0.3 is 0 Å². The molecular weight excluding hydrogens is 248 g/mol. The van der Waals surface area contributed by atoms with Gasteiger partial charge in [0.25, 0.3) is 5.91 Å².